The van der Waals surface area contributed by atoms with Crippen molar-refractivity contribution in [3.63, 3.8) is 0 Å². The molecule has 25 heavy (non-hydrogen) atoms. The van der Waals surface area contributed by atoms with E-state index in [2.05, 4.69) is 4.98 Å². The quantitative estimate of drug-likeness (QED) is 0.586. The van der Waals surface area contributed by atoms with Crippen molar-refractivity contribution in [3.8, 4) is 0 Å². The molecule has 0 N–H and O–H groups in total. The van der Waals surface area contributed by atoms with Crippen LogP contribution in [0, 0.1) is 0 Å². The highest BCUT2D eigenvalue weighted by atomic mass is 35.5. The summed E-state index contributed by atoms with van der Waals surface area (Å²) in [4.78, 5) is 16.3. The zero-order valence-corrected chi connectivity index (χ0v) is 15.1. The van der Waals surface area contributed by atoms with E-state index in [1.807, 2.05) is 0 Å². The number of carbonyl (C=O) groups excluding carboxylic acids is 1. The van der Waals surface area contributed by atoms with Gasteiger partial charge in [-0.05, 0) is 12.1 Å². The smallest absolute Gasteiger partial charge is 0.291 e. The summed E-state index contributed by atoms with van der Waals surface area (Å²) < 4.78 is 61.8. The van der Waals surface area contributed by atoms with E-state index in [-0.39, 0.29) is 5.69 Å². The molecule has 2 aromatic heterocycles. The third-order valence-electron chi connectivity index (χ3n) is 3.18. The summed E-state index contributed by atoms with van der Waals surface area (Å²) in [5.41, 5.74) is 0.365. The first-order chi connectivity index (χ1) is 11.5. The summed E-state index contributed by atoms with van der Waals surface area (Å²) in [7, 11) is -4.62. The van der Waals surface area contributed by atoms with Crippen LogP contribution in [0.2, 0.25) is 10.0 Å². The maximum absolute atomic E-state index is 12.2. The maximum Gasteiger partial charge on any atom is 0.402 e. The number of benzene rings is 1. The molecular formula is C13H7Cl2F3N2O3S2. The standard InChI is InChI=1S/C13H7Cl2F3N2O3S2/c14-6-1-2-8-11(10(6)15)24-12-19-7(3-20(8)12)9(21)4-25(22,23)5-13(16,17)18/h1-3H,4-5H2. The third-order valence-corrected chi connectivity index (χ3v) is 6.65. The predicted molar refractivity (Wildman–Crippen MR) is 89.6 cm³/mol. The van der Waals surface area contributed by atoms with Gasteiger partial charge in [0, 0.05) is 6.20 Å². The molecule has 0 aliphatic carbocycles. The van der Waals surface area contributed by atoms with E-state index in [4.69, 9.17) is 23.2 Å². The fourth-order valence-electron chi connectivity index (χ4n) is 2.22. The van der Waals surface area contributed by atoms with Gasteiger partial charge in [0.15, 0.2) is 20.6 Å². The van der Waals surface area contributed by atoms with E-state index in [1.165, 1.54) is 10.6 Å². The van der Waals surface area contributed by atoms with E-state index >= 15 is 0 Å². The van der Waals surface area contributed by atoms with E-state index in [1.54, 1.807) is 12.1 Å². The van der Waals surface area contributed by atoms with Gasteiger partial charge in [0.25, 0.3) is 0 Å². The second kappa shape index (κ2) is 6.11. The average Bonchev–Trinajstić information content (AvgIpc) is 2.97. The number of aromatic nitrogens is 2. The number of halogens is 5. The topological polar surface area (TPSA) is 68.5 Å². The van der Waals surface area contributed by atoms with Gasteiger partial charge in [-0.15, -0.1) is 0 Å². The van der Waals surface area contributed by atoms with Gasteiger partial charge in [0.2, 0.25) is 0 Å². The highest BCUT2D eigenvalue weighted by Crippen LogP contribution is 2.36. The van der Waals surface area contributed by atoms with E-state index < -0.39 is 33.3 Å². The first kappa shape index (κ1) is 18.4. The Bertz CT molecular complexity index is 1100. The van der Waals surface area contributed by atoms with E-state index in [0.717, 1.165) is 11.3 Å². The van der Waals surface area contributed by atoms with Crippen molar-refractivity contribution in [2.24, 2.45) is 0 Å². The second-order valence-electron chi connectivity index (χ2n) is 5.16. The van der Waals surface area contributed by atoms with Crippen LogP contribution in [-0.4, -0.2) is 41.3 Å². The van der Waals surface area contributed by atoms with Crippen LogP contribution in [0.4, 0.5) is 13.2 Å². The largest absolute Gasteiger partial charge is 0.402 e. The molecule has 0 radical (unpaired) electrons. The van der Waals surface area contributed by atoms with Gasteiger partial charge in [0.1, 0.15) is 17.2 Å². The number of sulfone groups is 1. The SMILES string of the molecule is O=C(CS(=O)(=O)CC(F)(F)F)c1cn2c(n1)sc1c(Cl)c(Cl)ccc12. The molecule has 0 amide bonds. The average molecular weight is 431 g/mol. The summed E-state index contributed by atoms with van der Waals surface area (Å²) in [6.45, 7) is 0. The fourth-order valence-corrected chi connectivity index (χ4v) is 4.90. The highest BCUT2D eigenvalue weighted by molar-refractivity contribution is 7.92. The molecule has 0 spiro atoms. The number of fused-ring (bicyclic) bond motifs is 3. The van der Waals surface area contributed by atoms with Crippen molar-refractivity contribution >= 4 is 65.3 Å². The lowest BCUT2D eigenvalue weighted by molar-refractivity contribution is -0.106. The van der Waals surface area contributed by atoms with Gasteiger partial charge >= 0.3 is 6.18 Å². The molecular weight excluding hydrogens is 424 g/mol. The van der Waals surface area contributed by atoms with Gasteiger partial charge in [-0.2, -0.15) is 13.2 Å². The Hall–Kier alpha value is -1.36. The molecule has 0 fully saturated rings. The number of Topliss-reactive ketones (excluding diaryl/α,β-unsaturated/α-hetero) is 1. The molecule has 0 bridgehead atoms. The monoisotopic (exact) mass is 430 g/mol. The molecule has 12 heteroatoms. The Kier molecular flexibility index (Phi) is 4.51. The number of hydrogen-bond donors (Lipinski definition) is 0. The minimum Gasteiger partial charge on any atom is -0.291 e. The molecule has 1 aromatic carbocycles. The summed E-state index contributed by atoms with van der Waals surface area (Å²) in [6, 6.07) is 3.19. The van der Waals surface area contributed by atoms with Gasteiger partial charge in [-0.1, -0.05) is 34.5 Å². The van der Waals surface area contributed by atoms with Crippen LogP contribution in [0.15, 0.2) is 18.3 Å². The Morgan fingerprint density at radius 2 is 1.96 bits per heavy atom. The second-order valence-corrected chi connectivity index (χ2v) is 8.99. The van der Waals surface area contributed by atoms with Gasteiger partial charge in [0.05, 0.1) is 20.3 Å². The summed E-state index contributed by atoms with van der Waals surface area (Å²) in [6.07, 6.45) is -3.64. The molecule has 2 heterocycles. The lowest BCUT2D eigenvalue weighted by atomic mass is 10.3. The maximum atomic E-state index is 12.2. The zero-order valence-electron chi connectivity index (χ0n) is 12.0. The third kappa shape index (κ3) is 3.76. The van der Waals surface area contributed by atoms with Crippen LogP contribution in [0.25, 0.3) is 15.2 Å². The molecule has 3 aromatic rings. The van der Waals surface area contributed by atoms with Crippen LogP contribution in [0.3, 0.4) is 0 Å². The van der Waals surface area contributed by atoms with Crippen molar-refractivity contribution in [2.45, 2.75) is 6.18 Å². The number of rotatable bonds is 4. The van der Waals surface area contributed by atoms with Crippen LogP contribution < -0.4 is 0 Å². The van der Waals surface area contributed by atoms with Crippen LogP contribution in [0.5, 0.6) is 0 Å². The van der Waals surface area contributed by atoms with Crippen LogP contribution >= 0.6 is 34.5 Å². The first-order valence-electron chi connectivity index (χ1n) is 6.53. The number of imidazole rings is 1. The normalized spacial score (nSPS) is 13.0. The number of ketones is 1. The molecule has 0 aliphatic rings. The van der Waals surface area contributed by atoms with Crippen LogP contribution in [-0.2, 0) is 9.84 Å². The van der Waals surface area contributed by atoms with Crippen molar-refractivity contribution < 1.29 is 26.4 Å². The number of carbonyl (C=O) groups is 1. The molecule has 0 aliphatic heterocycles. The zero-order chi connectivity index (χ0) is 18.6. The van der Waals surface area contributed by atoms with Crippen LogP contribution in [0.1, 0.15) is 10.5 Å². The minimum absolute atomic E-state index is 0.232. The van der Waals surface area contributed by atoms with E-state index in [0.29, 0.717) is 25.2 Å². The highest BCUT2D eigenvalue weighted by Gasteiger charge is 2.36. The molecule has 5 nitrogen and oxygen atoms in total. The summed E-state index contributed by atoms with van der Waals surface area (Å²) >= 11 is 13.1. The molecule has 0 saturated carbocycles. The van der Waals surface area contributed by atoms with Crippen molar-refractivity contribution in [1.82, 2.24) is 9.38 Å². The number of alkyl halides is 3. The first-order valence-corrected chi connectivity index (χ1v) is 9.92. The molecule has 0 atom stereocenters. The molecule has 3 rings (SSSR count). The number of hydrogen-bond acceptors (Lipinski definition) is 5. The van der Waals surface area contributed by atoms with Gasteiger partial charge in [-0.3, -0.25) is 9.20 Å². The molecule has 0 saturated heterocycles. The fraction of sp³-hybridized carbons (Fsp3) is 0.231. The molecule has 0 unspecified atom stereocenters. The van der Waals surface area contributed by atoms with Gasteiger partial charge in [-0.25, -0.2) is 13.4 Å². The molecule has 134 valence electrons. The van der Waals surface area contributed by atoms with Crippen molar-refractivity contribution in [2.75, 3.05) is 11.5 Å². The lowest BCUT2D eigenvalue weighted by Crippen LogP contribution is -2.28. The Morgan fingerprint density at radius 1 is 1.28 bits per heavy atom. The van der Waals surface area contributed by atoms with E-state index in [9.17, 15) is 26.4 Å². The predicted octanol–water partition coefficient (Wildman–Crippen LogP) is 4.02. The Labute approximate surface area is 152 Å². The van der Waals surface area contributed by atoms with Crippen molar-refractivity contribution in [1.29, 1.82) is 0 Å². The van der Waals surface area contributed by atoms with Gasteiger partial charge < -0.3 is 0 Å². The number of nitrogens with zero attached hydrogens (tertiary/aromatic N) is 2. The minimum atomic E-state index is -4.90. The van der Waals surface area contributed by atoms with Crippen molar-refractivity contribution in [3.05, 3.63) is 34.1 Å². The number of thiazole rings is 1. The Morgan fingerprint density at radius 3 is 2.60 bits per heavy atom. The summed E-state index contributed by atoms with van der Waals surface area (Å²) in [5, 5.41) is 0.656. The Balaban J connectivity index is 1.95. The summed E-state index contributed by atoms with van der Waals surface area (Å²) in [5.74, 6) is -4.32. The lowest BCUT2D eigenvalue weighted by Gasteiger charge is -2.06.